The molecule has 0 bridgehead atoms. The number of tetrazole rings is 1. The normalized spacial score (nSPS) is 23.6. The average Bonchev–Trinajstić information content (AvgIpc) is 2.97. The minimum Gasteiger partial charge on any atom is -0.341 e. The Bertz CT molecular complexity index is 379. The van der Waals surface area contributed by atoms with Gasteiger partial charge >= 0.3 is 0 Å². The van der Waals surface area contributed by atoms with E-state index in [9.17, 15) is 4.79 Å². The van der Waals surface area contributed by atoms with E-state index in [-0.39, 0.29) is 11.9 Å². The summed E-state index contributed by atoms with van der Waals surface area (Å²) in [4.78, 5) is 13.9. The number of hydrogen-bond donors (Lipinski definition) is 1. The van der Waals surface area contributed by atoms with Crippen LogP contribution in [0.15, 0.2) is 6.33 Å². The molecule has 1 aromatic rings. The average molecular weight is 252 g/mol. The van der Waals surface area contributed by atoms with Gasteiger partial charge in [0.15, 0.2) is 0 Å². The van der Waals surface area contributed by atoms with Gasteiger partial charge in [-0.2, -0.15) is 0 Å². The van der Waals surface area contributed by atoms with Gasteiger partial charge in [0.1, 0.15) is 6.33 Å². The molecule has 7 heteroatoms. The van der Waals surface area contributed by atoms with Crippen LogP contribution in [0, 0.1) is 5.92 Å². The van der Waals surface area contributed by atoms with Crippen molar-refractivity contribution in [1.29, 1.82) is 0 Å². The Morgan fingerprint density at radius 1 is 1.50 bits per heavy atom. The summed E-state index contributed by atoms with van der Waals surface area (Å²) in [6.45, 7) is 4.15. The Balaban J connectivity index is 1.79. The molecule has 1 aliphatic heterocycles. The van der Waals surface area contributed by atoms with Gasteiger partial charge in [0, 0.05) is 25.6 Å². The summed E-state index contributed by atoms with van der Waals surface area (Å²) in [5, 5.41) is 10.8. The van der Waals surface area contributed by atoms with Crippen LogP contribution < -0.4 is 5.73 Å². The Labute approximate surface area is 106 Å². The van der Waals surface area contributed by atoms with Crippen molar-refractivity contribution >= 4 is 5.91 Å². The van der Waals surface area contributed by atoms with E-state index >= 15 is 0 Å². The third-order valence-corrected chi connectivity index (χ3v) is 3.45. The van der Waals surface area contributed by atoms with Crippen molar-refractivity contribution in [2.45, 2.75) is 38.8 Å². The molecule has 2 heterocycles. The number of carbonyl (C=O) groups excluding carboxylic acids is 1. The van der Waals surface area contributed by atoms with E-state index < -0.39 is 0 Å². The van der Waals surface area contributed by atoms with E-state index in [1.165, 1.54) is 6.33 Å². The van der Waals surface area contributed by atoms with Gasteiger partial charge in [-0.3, -0.25) is 4.79 Å². The van der Waals surface area contributed by atoms with Crippen LogP contribution in [0.2, 0.25) is 0 Å². The van der Waals surface area contributed by atoms with Gasteiger partial charge in [0.05, 0.1) is 6.54 Å². The van der Waals surface area contributed by atoms with Crippen LogP contribution in [-0.2, 0) is 11.3 Å². The highest BCUT2D eigenvalue weighted by molar-refractivity contribution is 5.76. The Kier molecular flexibility index (Phi) is 4.24. The number of carbonyl (C=O) groups is 1. The lowest BCUT2D eigenvalue weighted by Gasteiger charge is -2.15. The van der Waals surface area contributed by atoms with Crippen molar-refractivity contribution in [3.63, 3.8) is 0 Å². The topological polar surface area (TPSA) is 89.9 Å². The SMILES string of the molecule is CCC[C@@H]1CN(C(=O)CCn2cnnn2)C[C@H]1N. The maximum Gasteiger partial charge on any atom is 0.224 e. The van der Waals surface area contributed by atoms with E-state index in [2.05, 4.69) is 22.4 Å². The fourth-order valence-corrected chi connectivity index (χ4v) is 2.43. The number of amides is 1. The first kappa shape index (κ1) is 12.9. The quantitative estimate of drug-likeness (QED) is 0.773. The highest BCUT2D eigenvalue weighted by atomic mass is 16.2. The third kappa shape index (κ3) is 3.04. The lowest BCUT2D eigenvalue weighted by Crippen LogP contribution is -2.32. The Morgan fingerprint density at radius 2 is 2.33 bits per heavy atom. The second-order valence-electron chi connectivity index (χ2n) is 4.83. The second kappa shape index (κ2) is 5.90. The third-order valence-electron chi connectivity index (χ3n) is 3.45. The van der Waals surface area contributed by atoms with E-state index in [1.807, 2.05) is 4.90 Å². The molecule has 1 aliphatic rings. The van der Waals surface area contributed by atoms with E-state index in [0.717, 1.165) is 19.4 Å². The number of hydrogen-bond acceptors (Lipinski definition) is 5. The van der Waals surface area contributed by atoms with Crippen LogP contribution in [0.1, 0.15) is 26.2 Å². The molecule has 1 aromatic heterocycles. The smallest absolute Gasteiger partial charge is 0.224 e. The van der Waals surface area contributed by atoms with Crippen LogP contribution in [0.25, 0.3) is 0 Å². The van der Waals surface area contributed by atoms with Crippen LogP contribution >= 0.6 is 0 Å². The zero-order valence-electron chi connectivity index (χ0n) is 10.7. The molecule has 1 amide bonds. The predicted octanol–water partition coefficient (Wildman–Crippen LogP) is -0.351. The van der Waals surface area contributed by atoms with Crippen LogP contribution in [0.5, 0.6) is 0 Å². The van der Waals surface area contributed by atoms with Gasteiger partial charge < -0.3 is 10.6 Å². The number of likely N-dealkylation sites (tertiary alicyclic amines) is 1. The largest absolute Gasteiger partial charge is 0.341 e. The molecule has 0 saturated carbocycles. The highest BCUT2D eigenvalue weighted by Gasteiger charge is 2.31. The minimum atomic E-state index is 0.127. The molecule has 100 valence electrons. The molecule has 0 aromatic carbocycles. The number of rotatable bonds is 5. The maximum atomic E-state index is 12.0. The van der Waals surface area contributed by atoms with Crippen molar-refractivity contribution in [1.82, 2.24) is 25.1 Å². The standard InChI is InChI=1S/C11H20N6O/c1-2-3-9-6-16(7-10(9)12)11(18)4-5-17-8-13-14-15-17/h8-10H,2-7,12H2,1H3/t9-,10-/m1/s1. The molecular formula is C11H20N6O. The molecule has 1 fully saturated rings. The molecule has 2 atom stereocenters. The zero-order valence-corrected chi connectivity index (χ0v) is 10.7. The van der Waals surface area contributed by atoms with Crippen LogP contribution in [-0.4, -0.2) is 50.1 Å². The van der Waals surface area contributed by atoms with Gasteiger partial charge in [0.2, 0.25) is 5.91 Å². The second-order valence-corrected chi connectivity index (χ2v) is 4.83. The summed E-state index contributed by atoms with van der Waals surface area (Å²) >= 11 is 0. The van der Waals surface area contributed by atoms with Crippen LogP contribution in [0.3, 0.4) is 0 Å². The van der Waals surface area contributed by atoms with Crippen molar-refractivity contribution in [3.05, 3.63) is 6.33 Å². The number of aromatic nitrogens is 4. The minimum absolute atomic E-state index is 0.127. The Morgan fingerprint density at radius 3 is 3.00 bits per heavy atom. The first-order chi connectivity index (χ1) is 8.70. The fourth-order valence-electron chi connectivity index (χ4n) is 2.43. The molecule has 2 rings (SSSR count). The van der Waals surface area contributed by atoms with Gasteiger partial charge in [-0.05, 0) is 22.8 Å². The molecule has 0 aliphatic carbocycles. The molecule has 0 radical (unpaired) electrons. The van der Waals surface area contributed by atoms with E-state index in [1.54, 1.807) is 4.68 Å². The summed E-state index contributed by atoms with van der Waals surface area (Å²) < 4.78 is 1.57. The van der Waals surface area contributed by atoms with Crippen molar-refractivity contribution in [2.24, 2.45) is 11.7 Å². The summed E-state index contributed by atoms with van der Waals surface area (Å²) in [5.41, 5.74) is 6.05. The number of nitrogens with two attached hydrogens (primary N) is 1. The summed E-state index contributed by atoms with van der Waals surface area (Å²) in [6.07, 6.45) is 4.16. The number of nitrogens with zero attached hydrogens (tertiary/aromatic N) is 5. The molecule has 18 heavy (non-hydrogen) atoms. The van der Waals surface area contributed by atoms with Gasteiger partial charge in [-0.1, -0.05) is 13.3 Å². The lowest BCUT2D eigenvalue weighted by atomic mass is 9.99. The van der Waals surface area contributed by atoms with Crippen molar-refractivity contribution in [2.75, 3.05) is 13.1 Å². The van der Waals surface area contributed by atoms with Crippen molar-refractivity contribution < 1.29 is 4.79 Å². The van der Waals surface area contributed by atoms with Crippen LogP contribution in [0.4, 0.5) is 0 Å². The molecule has 0 spiro atoms. The predicted molar refractivity (Wildman–Crippen MR) is 65.4 cm³/mol. The fraction of sp³-hybridized carbons (Fsp3) is 0.818. The number of aryl methyl sites for hydroxylation is 1. The molecule has 2 N–H and O–H groups in total. The zero-order chi connectivity index (χ0) is 13.0. The van der Waals surface area contributed by atoms with E-state index in [0.29, 0.717) is 25.4 Å². The molecule has 0 unspecified atom stereocenters. The first-order valence-electron chi connectivity index (χ1n) is 6.44. The van der Waals surface area contributed by atoms with E-state index in [4.69, 9.17) is 5.73 Å². The van der Waals surface area contributed by atoms with Gasteiger partial charge in [-0.15, -0.1) is 5.10 Å². The Hall–Kier alpha value is -1.50. The molecule has 7 nitrogen and oxygen atoms in total. The summed E-state index contributed by atoms with van der Waals surface area (Å²) in [6, 6.07) is 0.127. The summed E-state index contributed by atoms with van der Waals surface area (Å²) in [7, 11) is 0. The molecule has 1 saturated heterocycles. The highest BCUT2D eigenvalue weighted by Crippen LogP contribution is 2.20. The summed E-state index contributed by atoms with van der Waals surface area (Å²) in [5.74, 6) is 0.589. The van der Waals surface area contributed by atoms with Gasteiger partial charge in [0.25, 0.3) is 0 Å². The first-order valence-corrected chi connectivity index (χ1v) is 6.44. The maximum absolute atomic E-state index is 12.0. The van der Waals surface area contributed by atoms with Gasteiger partial charge in [-0.25, -0.2) is 4.68 Å². The van der Waals surface area contributed by atoms with Crippen molar-refractivity contribution in [3.8, 4) is 0 Å². The molecular weight excluding hydrogens is 232 g/mol. The monoisotopic (exact) mass is 252 g/mol. The lowest BCUT2D eigenvalue weighted by molar-refractivity contribution is -0.130.